The number of nitrogens with zero attached hydrogens (tertiary/aromatic N) is 2. The zero-order chi connectivity index (χ0) is 19.0. The van der Waals surface area contributed by atoms with Gasteiger partial charge in [0.2, 0.25) is 0 Å². The number of nitrogens with one attached hydrogen (secondary N) is 1. The lowest BCUT2D eigenvalue weighted by Gasteiger charge is -2.22. The summed E-state index contributed by atoms with van der Waals surface area (Å²) in [5, 5.41) is 2.66. The second-order valence-corrected chi connectivity index (χ2v) is 6.51. The van der Waals surface area contributed by atoms with Crippen LogP contribution >= 0.6 is 0 Å². The SMILES string of the molecule is CC1Cc2ccccc2N1C(=O)c1ccc(Nc2c(F)cccc2F)cn1. The van der Waals surface area contributed by atoms with E-state index < -0.39 is 11.6 Å². The molecule has 27 heavy (non-hydrogen) atoms. The van der Waals surface area contributed by atoms with E-state index in [4.69, 9.17) is 0 Å². The minimum absolute atomic E-state index is 0.0435. The fourth-order valence-electron chi connectivity index (χ4n) is 3.35. The monoisotopic (exact) mass is 365 g/mol. The van der Waals surface area contributed by atoms with Crippen molar-refractivity contribution >= 4 is 23.0 Å². The molecule has 1 aromatic heterocycles. The quantitative estimate of drug-likeness (QED) is 0.732. The second-order valence-electron chi connectivity index (χ2n) is 6.51. The van der Waals surface area contributed by atoms with Gasteiger partial charge < -0.3 is 10.2 Å². The molecular formula is C21H17F2N3O. The number of halogens is 2. The summed E-state index contributed by atoms with van der Waals surface area (Å²) in [5.41, 5.74) is 2.45. The van der Waals surface area contributed by atoms with Crippen molar-refractivity contribution in [2.75, 3.05) is 10.2 Å². The molecule has 1 aliphatic heterocycles. The lowest BCUT2D eigenvalue weighted by Crippen LogP contribution is -2.36. The summed E-state index contributed by atoms with van der Waals surface area (Å²) < 4.78 is 27.5. The van der Waals surface area contributed by atoms with Gasteiger partial charge in [-0.25, -0.2) is 13.8 Å². The van der Waals surface area contributed by atoms with Crippen LogP contribution < -0.4 is 10.2 Å². The van der Waals surface area contributed by atoms with E-state index in [-0.39, 0.29) is 23.3 Å². The molecule has 4 rings (SSSR count). The van der Waals surface area contributed by atoms with E-state index in [2.05, 4.69) is 10.3 Å². The Hall–Kier alpha value is -3.28. The largest absolute Gasteiger partial charge is 0.349 e. The van der Waals surface area contributed by atoms with Crippen LogP contribution in [-0.4, -0.2) is 16.9 Å². The van der Waals surface area contributed by atoms with E-state index in [1.807, 2.05) is 31.2 Å². The highest BCUT2D eigenvalue weighted by molar-refractivity contribution is 6.06. The van der Waals surface area contributed by atoms with E-state index in [1.165, 1.54) is 24.4 Å². The van der Waals surface area contributed by atoms with Crippen LogP contribution in [0.2, 0.25) is 0 Å². The second kappa shape index (κ2) is 6.79. The first kappa shape index (κ1) is 17.1. The molecule has 4 nitrogen and oxygen atoms in total. The van der Waals surface area contributed by atoms with Gasteiger partial charge in [0.05, 0.1) is 11.9 Å². The van der Waals surface area contributed by atoms with Crippen LogP contribution in [0.25, 0.3) is 0 Å². The molecule has 0 bridgehead atoms. The third-order valence-corrected chi connectivity index (χ3v) is 4.64. The molecule has 1 amide bonds. The zero-order valence-electron chi connectivity index (χ0n) is 14.6. The number of carbonyl (C=O) groups is 1. The molecular weight excluding hydrogens is 348 g/mol. The van der Waals surface area contributed by atoms with Crippen LogP contribution in [0.1, 0.15) is 23.0 Å². The van der Waals surface area contributed by atoms with E-state index in [9.17, 15) is 13.6 Å². The molecule has 0 aliphatic carbocycles. The first-order valence-corrected chi connectivity index (χ1v) is 8.63. The Kier molecular flexibility index (Phi) is 4.32. The van der Waals surface area contributed by atoms with Gasteiger partial charge in [-0.3, -0.25) is 4.79 Å². The van der Waals surface area contributed by atoms with Crippen LogP contribution in [0.3, 0.4) is 0 Å². The van der Waals surface area contributed by atoms with Crippen molar-refractivity contribution < 1.29 is 13.6 Å². The molecule has 1 aliphatic rings. The number of para-hydroxylation sites is 2. The van der Waals surface area contributed by atoms with Gasteiger partial charge in [0.25, 0.3) is 5.91 Å². The molecule has 1 unspecified atom stereocenters. The smallest absolute Gasteiger partial charge is 0.277 e. The van der Waals surface area contributed by atoms with Crippen molar-refractivity contribution in [3.8, 4) is 0 Å². The first-order valence-electron chi connectivity index (χ1n) is 8.63. The molecule has 3 aromatic rings. The Morgan fingerprint density at radius 1 is 1.07 bits per heavy atom. The number of aromatic nitrogens is 1. The number of hydrogen-bond donors (Lipinski definition) is 1. The van der Waals surface area contributed by atoms with Crippen molar-refractivity contribution in [3.63, 3.8) is 0 Å². The number of pyridine rings is 1. The molecule has 136 valence electrons. The lowest BCUT2D eigenvalue weighted by atomic mass is 10.1. The maximum atomic E-state index is 13.7. The summed E-state index contributed by atoms with van der Waals surface area (Å²) in [4.78, 5) is 18.8. The fraction of sp³-hybridized carbons (Fsp3) is 0.143. The number of anilines is 3. The van der Waals surface area contributed by atoms with Gasteiger partial charge in [-0.15, -0.1) is 0 Å². The number of benzene rings is 2. The van der Waals surface area contributed by atoms with Gasteiger partial charge in [-0.05, 0) is 49.2 Å². The predicted molar refractivity (Wildman–Crippen MR) is 100 cm³/mol. The predicted octanol–water partition coefficient (Wildman–Crippen LogP) is 4.69. The van der Waals surface area contributed by atoms with Gasteiger partial charge in [0, 0.05) is 11.7 Å². The fourth-order valence-corrected chi connectivity index (χ4v) is 3.35. The van der Waals surface area contributed by atoms with E-state index in [1.54, 1.807) is 17.0 Å². The van der Waals surface area contributed by atoms with Crippen molar-refractivity contribution in [2.45, 2.75) is 19.4 Å². The highest BCUT2D eigenvalue weighted by Gasteiger charge is 2.31. The van der Waals surface area contributed by atoms with E-state index in [0.29, 0.717) is 5.69 Å². The van der Waals surface area contributed by atoms with Crippen molar-refractivity contribution in [3.05, 3.63) is 83.7 Å². The Labute approximate surface area is 155 Å². The summed E-state index contributed by atoms with van der Waals surface area (Å²) in [6.07, 6.45) is 2.19. The van der Waals surface area contributed by atoms with Crippen molar-refractivity contribution in [1.29, 1.82) is 0 Å². The van der Waals surface area contributed by atoms with Gasteiger partial charge >= 0.3 is 0 Å². The van der Waals surface area contributed by atoms with Gasteiger partial charge in [0.1, 0.15) is 23.0 Å². The lowest BCUT2D eigenvalue weighted by molar-refractivity contribution is 0.0976. The Morgan fingerprint density at radius 2 is 1.81 bits per heavy atom. The highest BCUT2D eigenvalue weighted by atomic mass is 19.1. The van der Waals surface area contributed by atoms with Crippen LogP contribution in [0.4, 0.5) is 25.8 Å². The van der Waals surface area contributed by atoms with Crippen LogP contribution in [0, 0.1) is 11.6 Å². The molecule has 1 N–H and O–H groups in total. The summed E-state index contributed by atoms with van der Waals surface area (Å²) in [6, 6.07) is 14.6. The molecule has 2 aromatic carbocycles. The summed E-state index contributed by atoms with van der Waals surface area (Å²) in [6.45, 7) is 1.99. The molecule has 0 radical (unpaired) electrons. The molecule has 1 atom stereocenters. The standard InChI is InChI=1S/C21H17F2N3O/c1-13-11-14-5-2-3-8-19(14)26(13)21(27)18-10-9-15(12-24-18)25-20-16(22)6-4-7-17(20)23/h2-10,12-13,25H,11H2,1H3. The summed E-state index contributed by atoms with van der Waals surface area (Å²) >= 11 is 0. The summed E-state index contributed by atoms with van der Waals surface area (Å²) in [5.74, 6) is -1.59. The summed E-state index contributed by atoms with van der Waals surface area (Å²) in [7, 11) is 0. The van der Waals surface area contributed by atoms with Crippen molar-refractivity contribution in [1.82, 2.24) is 4.98 Å². The molecule has 0 saturated carbocycles. The van der Waals surface area contributed by atoms with Crippen molar-refractivity contribution in [2.24, 2.45) is 0 Å². The number of fused-ring (bicyclic) bond motifs is 1. The minimum atomic E-state index is -0.697. The number of carbonyl (C=O) groups excluding carboxylic acids is 1. The van der Waals surface area contributed by atoms with Gasteiger partial charge in [-0.2, -0.15) is 0 Å². The molecule has 2 heterocycles. The normalized spacial score (nSPS) is 15.5. The maximum absolute atomic E-state index is 13.7. The third kappa shape index (κ3) is 3.14. The zero-order valence-corrected chi connectivity index (χ0v) is 14.6. The molecule has 0 saturated heterocycles. The average molecular weight is 365 g/mol. The van der Waals surface area contributed by atoms with Crippen LogP contribution in [0.15, 0.2) is 60.8 Å². The third-order valence-electron chi connectivity index (χ3n) is 4.64. The highest BCUT2D eigenvalue weighted by Crippen LogP contribution is 2.33. The number of rotatable bonds is 3. The van der Waals surface area contributed by atoms with Gasteiger partial charge in [0.15, 0.2) is 0 Å². The van der Waals surface area contributed by atoms with E-state index >= 15 is 0 Å². The Morgan fingerprint density at radius 3 is 2.52 bits per heavy atom. The van der Waals surface area contributed by atoms with Gasteiger partial charge in [-0.1, -0.05) is 24.3 Å². The molecule has 0 fully saturated rings. The first-order chi connectivity index (χ1) is 13.0. The Bertz CT molecular complexity index is 984. The van der Waals surface area contributed by atoms with Crippen LogP contribution in [-0.2, 0) is 6.42 Å². The van der Waals surface area contributed by atoms with Crippen LogP contribution in [0.5, 0.6) is 0 Å². The molecule has 6 heteroatoms. The molecule has 0 spiro atoms. The average Bonchev–Trinajstić information content (AvgIpc) is 3.00. The number of amides is 1. The maximum Gasteiger partial charge on any atom is 0.277 e. The minimum Gasteiger partial charge on any atom is -0.349 e. The Balaban J connectivity index is 1.57. The number of hydrogen-bond acceptors (Lipinski definition) is 3. The topological polar surface area (TPSA) is 45.2 Å². The van der Waals surface area contributed by atoms with E-state index in [0.717, 1.165) is 17.7 Å².